The average molecular weight is 464 g/mol. The Labute approximate surface area is 167 Å². The number of aryl methyl sites for hydroxylation is 2. The molecule has 0 saturated carbocycles. The van der Waals surface area contributed by atoms with Crippen LogP contribution >= 0.6 is 31.9 Å². The van der Waals surface area contributed by atoms with E-state index >= 15 is 0 Å². The van der Waals surface area contributed by atoms with Crippen LogP contribution in [0.4, 0.5) is 0 Å². The van der Waals surface area contributed by atoms with Crippen molar-refractivity contribution in [2.75, 3.05) is 7.11 Å². The molecule has 2 aliphatic carbocycles. The van der Waals surface area contributed by atoms with Gasteiger partial charge < -0.3 is 4.74 Å². The zero-order valence-electron chi connectivity index (χ0n) is 15.0. The Morgan fingerprint density at radius 2 is 1.28 bits per heavy atom. The summed E-state index contributed by atoms with van der Waals surface area (Å²) in [6.07, 6.45) is 9.88. The average Bonchev–Trinajstić information content (AvgIpc) is 2.62. The number of ether oxygens (including phenoxy) is 1. The maximum Gasteiger partial charge on any atom is 0.141 e. The third kappa shape index (κ3) is 2.98. The smallest absolute Gasteiger partial charge is 0.141 e. The van der Waals surface area contributed by atoms with Crippen LogP contribution < -0.4 is 4.74 Å². The molecule has 0 heterocycles. The number of hydrogen-bond donors (Lipinski definition) is 0. The van der Waals surface area contributed by atoms with Crippen LogP contribution in [0.25, 0.3) is 11.1 Å². The van der Waals surface area contributed by atoms with Gasteiger partial charge in [0.15, 0.2) is 0 Å². The molecule has 1 nitrogen and oxygen atoms in total. The fourth-order valence-electron chi connectivity index (χ4n) is 4.63. The van der Waals surface area contributed by atoms with E-state index in [1.807, 2.05) is 0 Å². The van der Waals surface area contributed by atoms with Gasteiger partial charge in [0, 0.05) is 10.0 Å². The second-order valence-corrected chi connectivity index (χ2v) is 9.02. The Morgan fingerprint density at radius 3 is 1.88 bits per heavy atom. The van der Waals surface area contributed by atoms with Crippen molar-refractivity contribution in [2.24, 2.45) is 0 Å². The van der Waals surface area contributed by atoms with E-state index in [1.165, 1.54) is 82.8 Å². The molecule has 2 aliphatic rings. The normalized spacial score (nSPS) is 16.3. The third-order valence-corrected chi connectivity index (χ3v) is 7.27. The maximum absolute atomic E-state index is 5.92. The summed E-state index contributed by atoms with van der Waals surface area (Å²) in [5, 5.41) is 0. The van der Waals surface area contributed by atoms with Gasteiger partial charge in [-0.1, -0.05) is 15.9 Å². The van der Waals surface area contributed by atoms with Crippen LogP contribution in [0.15, 0.2) is 21.1 Å². The summed E-state index contributed by atoms with van der Waals surface area (Å²) in [5.74, 6) is 1.01. The molecule has 0 N–H and O–H groups in total. The Morgan fingerprint density at radius 1 is 0.760 bits per heavy atom. The molecule has 0 spiro atoms. The first-order valence-electron chi connectivity index (χ1n) is 9.31. The predicted octanol–water partition coefficient (Wildman–Crippen LogP) is 6.95. The highest BCUT2D eigenvalue weighted by Crippen LogP contribution is 2.48. The fraction of sp³-hybridized carbons (Fsp3) is 0.455. The van der Waals surface area contributed by atoms with Crippen LogP contribution in [0.1, 0.15) is 53.5 Å². The standard InChI is InChI=1S/C22H24Br2O/c1-13-18(23)11-14-7-3-5-9-16(14)20(13)21-17-10-6-4-8-15(17)12-19(24)22(21)25-2/h11-12H,3-10H2,1-2H3. The zero-order chi connectivity index (χ0) is 17.6. The van der Waals surface area contributed by atoms with E-state index in [9.17, 15) is 0 Å². The summed E-state index contributed by atoms with van der Waals surface area (Å²) in [5.41, 5.74) is 10.2. The first-order chi connectivity index (χ1) is 12.1. The topological polar surface area (TPSA) is 9.23 Å². The molecule has 0 atom stereocenters. The lowest BCUT2D eigenvalue weighted by Crippen LogP contribution is -2.11. The van der Waals surface area contributed by atoms with Gasteiger partial charge in [-0.3, -0.25) is 0 Å². The van der Waals surface area contributed by atoms with Gasteiger partial charge >= 0.3 is 0 Å². The molecule has 4 rings (SSSR count). The highest BCUT2D eigenvalue weighted by atomic mass is 79.9. The van der Waals surface area contributed by atoms with E-state index in [4.69, 9.17) is 4.74 Å². The minimum Gasteiger partial charge on any atom is -0.495 e. The number of methoxy groups -OCH3 is 1. The van der Waals surface area contributed by atoms with Gasteiger partial charge in [-0.15, -0.1) is 0 Å². The first-order valence-corrected chi connectivity index (χ1v) is 10.9. The van der Waals surface area contributed by atoms with Gasteiger partial charge in [-0.05, 0) is 120 Å². The maximum atomic E-state index is 5.92. The molecular weight excluding hydrogens is 440 g/mol. The number of fused-ring (bicyclic) bond motifs is 2. The largest absolute Gasteiger partial charge is 0.495 e. The molecule has 0 aliphatic heterocycles. The van der Waals surface area contributed by atoms with Crippen LogP contribution in [-0.4, -0.2) is 7.11 Å². The van der Waals surface area contributed by atoms with Gasteiger partial charge in [-0.2, -0.15) is 0 Å². The molecule has 0 bridgehead atoms. The molecule has 3 heteroatoms. The molecule has 2 aromatic carbocycles. The van der Waals surface area contributed by atoms with E-state index in [2.05, 4.69) is 50.9 Å². The zero-order valence-corrected chi connectivity index (χ0v) is 18.1. The van der Waals surface area contributed by atoms with Gasteiger partial charge in [-0.25, -0.2) is 0 Å². The van der Waals surface area contributed by atoms with Crippen molar-refractivity contribution in [3.8, 4) is 16.9 Å². The summed E-state index contributed by atoms with van der Waals surface area (Å²) in [4.78, 5) is 0. The molecule has 2 aromatic rings. The van der Waals surface area contributed by atoms with Crippen LogP contribution in [0, 0.1) is 6.92 Å². The van der Waals surface area contributed by atoms with Crippen molar-refractivity contribution in [1.82, 2.24) is 0 Å². The fourth-order valence-corrected chi connectivity index (χ4v) is 5.74. The van der Waals surface area contributed by atoms with Crippen LogP contribution in [0.3, 0.4) is 0 Å². The summed E-state index contributed by atoms with van der Waals surface area (Å²) in [6.45, 7) is 2.25. The van der Waals surface area contributed by atoms with Crippen molar-refractivity contribution < 1.29 is 4.74 Å². The minimum atomic E-state index is 1.01. The third-order valence-electron chi connectivity index (χ3n) is 5.86. The van der Waals surface area contributed by atoms with Gasteiger partial charge in [0.1, 0.15) is 5.75 Å². The van der Waals surface area contributed by atoms with Crippen molar-refractivity contribution in [3.63, 3.8) is 0 Å². The minimum absolute atomic E-state index is 1.01. The Balaban J connectivity index is 2.09. The Kier molecular flexibility index (Phi) is 4.98. The molecular formula is C22H24Br2O. The molecule has 132 valence electrons. The SMILES string of the molecule is COc1c(Br)cc2c(c1-c1c(C)c(Br)cc3c1CCCC3)CCCC2. The quantitative estimate of drug-likeness (QED) is 0.467. The highest BCUT2D eigenvalue weighted by Gasteiger charge is 2.27. The monoisotopic (exact) mass is 462 g/mol. The molecule has 0 aromatic heterocycles. The number of halogens is 2. The van der Waals surface area contributed by atoms with Crippen molar-refractivity contribution in [2.45, 2.75) is 58.3 Å². The summed E-state index contributed by atoms with van der Waals surface area (Å²) in [6, 6.07) is 4.64. The molecule has 0 radical (unpaired) electrons. The Hall–Kier alpha value is -0.800. The Bertz CT molecular complexity index is 839. The summed E-state index contributed by atoms with van der Waals surface area (Å²) >= 11 is 7.62. The van der Waals surface area contributed by atoms with Gasteiger partial charge in [0.05, 0.1) is 11.6 Å². The first kappa shape index (κ1) is 17.6. The molecule has 0 amide bonds. The molecule has 25 heavy (non-hydrogen) atoms. The molecule has 0 saturated heterocycles. The lowest BCUT2D eigenvalue weighted by Gasteiger charge is -2.28. The van der Waals surface area contributed by atoms with Crippen LogP contribution in [0.5, 0.6) is 5.75 Å². The van der Waals surface area contributed by atoms with Crippen molar-refractivity contribution >= 4 is 31.9 Å². The van der Waals surface area contributed by atoms with Gasteiger partial charge in [0.2, 0.25) is 0 Å². The lowest BCUT2D eigenvalue weighted by atomic mass is 9.79. The number of hydrogen-bond acceptors (Lipinski definition) is 1. The van der Waals surface area contributed by atoms with E-state index in [-0.39, 0.29) is 0 Å². The van der Waals surface area contributed by atoms with Crippen LogP contribution in [-0.2, 0) is 25.7 Å². The van der Waals surface area contributed by atoms with Gasteiger partial charge in [0.25, 0.3) is 0 Å². The molecule has 0 fully saturated rings. The number of benzene rings is 2. The van der Waals surface area contributed by atoms with Crippen LogP contribution in [0.2, 0.25) is 0 Å². The second kappa shape index (κ2) is 7.08. The van der Waals surface area contributed by atoms with E-state index in [1.54, 1.807) is 12.7 Å². The molecule has 0 unspecified atom stereocenters. The van der Waals surface area contributed by atoms with Crippen molar-refractivity contribution in [3.05, 3.63) is 48.9 Å². The van der Waals surface area contributed by atoms with Crippen molar-refractivity contribution in [1.29, 1.82) is 0 Å². The summed E-state index contributed by atoms with van der Waals surface area (Å²) < 4.78 is 8.24. The number of rotatable bonds is 2. The second-order valence-electron chi connectivity index (χ2n) is 7.31. The highest BCUT2D eigenvalue weighted by molar-refractivity contribution is 9.10. The van der Waals surface area contributed by atoms with E-state index < -0.39 is 0 Å². The predicted molar refractivity (Wildman–Crippen MR) is 112 cm³/mol. The lowest BCUT2D eigenvalue weighted by molar-refractivity contribution is 0.412. The van der Waals surface area contributed by atoms with E-state index in [0.29, 0.717) is 0 Å². The van der Waals surface area contributed by atoms with E-state index in [0.717, 1.165) is 16.6 Å². The summed E-state index contributed by atoms with van der Waals surface area (Å²) in [7, 11) is 1.80.